The lowest BCUT2D eigenvalue weighted by Gasteiger charge is -2.29. The number of carbonyl (C=O) groups excluding carboxylic acids is 1. The lowest BCUT2D eigenvalue weighted by molar-refractivity contribution is -0.117. The van der Waals surface area contributed by atoms with Gasteiger partial charge in [0.1, 0.15) is 16.7 Å². The number of nitrogen functional groups attached to an aromatic ring is 1. The lowest BCUT2D eigenvalue weighted by atomic mass is 10.00. The van der Waals surface area contributed by atoms with Gasteiger partial charge >= 0.3 is 0 Å². The molecule has 0 bridgehead atoms. The first-order valence-electron chi connectivity index (χ1n) is 14.8. The molecule has 1 saturated heterocycles. The van der Waals surface area contributed by atoms with E-state index in [9.17, 15) is 4.79 Å². The molecule has 0 atom stereocenters. The van der Waals surface area contributed by atoms with Crippen molar-refractivity contribution in [2.24, 2.45) is 0 Å². The van der Waals surface area contributed by atoms with Crippen molar-refractivity contribution in [3.63, 3.8) is 0 Å². The summed E-state index contributed by atoms with van der Waals surface area (Å²) >= 11 is 1.66. The number of amides is 1. The molecule has 1 aliphatic heterocycles. The normalized spacial score (nSPS) is 13.8. The second kappa shape index (κ2) is 21.1. The van der Waals surface area contributed by atoms with E-state index in [1.807, 2.05) is 40.0 Å². The summed E-state index contributed by atoms with van der Waals surface area (Å²) in [6.07, 6.45) is 17.3. The number of pyridine rings is 1. The van der Waals surface area contributed by atoms with Crippen LogP contribution in [0.4, 0.5) is 11.6 Å². The van der Waals surface area contributed by atoms with Crippen LogP contribution >= 0.6 is 11.8 Å². The molecule has 4 N–H and O–H groups in total. The van der Waals surface area contributed by atoms with Gasteiger partial charge in [-0.15, -0.1) is 24.6 Å². The Balaban J connectivity index is 0.00000105. The Hall–Kier alpha value is -3.65. The maximum Gasteiger partial charge on any atom is 0.247 e. The fraction of sp³-hybridized carbons (Fsp3) is 0.455. The number of aromatic nitrogens is 3. The first-order valence-corrected chi connectivity index (χ1v) is 15.8. The van der Waals surface area contributed by atoms with Crippen LogP contribution in [0, 0.1) is 19.8 Å². The van der Waals surface area contributed by atoms with Gasteiger partial charge in [0.05, 0.1) is 13.2 Å². The van der Waals surface area contributed by atoms with E-state index < -0.39 is 0 Å². The smallest absolute Gasteiger partial charge is 0.247 e. The van der Waals surface area contributed by atoms with Crippen molar-refractivity contribution in [1.82, 2.24) is 25.6 Å². The Kier molecular flexibility index (Phi) is 18.3. The Morgan fingerprint density at radius 1 is 1.21 bits per heavy atom. The predicted molar refractivity (Wildman–Crippen MR) is 183 cm³/mol. The number of hydrogen-bond acceptors (Lipinski definition) is 9. The first-order chi connectivity index (χ1) is 20.9. The minimum atomic E-state index is 0.0204. The summed E-state index contributed by atoms with van der Waals surface area (Å²) < 4.78 is 5.55. The van der Waals surface area contributed by atoms with E-state index in [1.165, 1.54) is 0 Å². The molecule has 0 aromatic carbocycles. The lowest BCUT2D eigenvalue weighted by Crippen LogP contribution is -2.37. The average Bonchev–Trinajstić information content (AvgIpc) is 3.07. The number of morpholine rings is 1. The Bertz CT molecular complexity index is 1250. The summed E-state index contributed by atoms with van der Waals surface area (Å²) in [6.45, 7) is 18.5. The minimum Gasteiger partial charge on any atom is -0.383 e. The standard InChI is InChI=1S/C26H32N6O2S.C3H9N.C2H6.C2H2/c1-4-19-14-21(15-29-22(19)27)23-30-24(32-9-11-34-12-10-32)17(3)26(31-23)35-16-18-7-6-8-20(13-18)25(33)28-5-2;1-3-4-2;2*1-2/h4,7,13-15H,1,5-6,8-12,16H2,2-3H3,(H2,27,29)(H,28,33);4H,3H2,1-2H3;1-2H3;1-2H. The van der Waals surface area contributed by atoms with Crippen molar-refractivity contribution in [3.05, 3.63) is 53.3 Å². The van der Waals surface area contributed by atoms with Crippen molar-refractivity contribution in [2.75, 3.05) is 62.8 Å². The Morgan fingerprint density at radius 2 is 1.88 bits per heavy atom. The number of rotatable bonds is 9. The van der Waals surface area contributed by atoms with Gasteiger partial charge in [-0.3, -0.25) is 4.79 Å². The van der Waals surface area contributed by atoms with E-state index in [-0.39, 0.29) is 5.91 Å². The third kappa shape index (κ3) is 11.5. The van der Waals surface area contributed by atoms with Gasteiger partial charge in [-0.1, -0.05) is 39.5 Å². The highest BCUT2D eigenvalue weighted by Gasteiger charge is 2.21. The molecule has 2 aromatic heterocycles. The highest BCUT2D eigenvalue weighted by Crippen LogP contribution is 2.33. The minimum absolute atomic E-state index is 0.0204. The molecule has 4 rings (SSSR count). The molecular formula is C33H49N7O2S. The van der Waals surface area contributed by atoms with Gasteiger partial charge in [-0.25, -0.2) is 15.0 Å². The van der Waals surface area contributed by atoms with Crippen LogP contribution in [0.15, 0.2) is 47.2 Å². The summed E-state index contributed by atoms with van der Waals surface area (Å²) in [6, 6.07) is 1.92. The second-order valence-electron chi connectivity index (χ2n) is 9.15. The summed E-state index contributed by atoms with van der Waals surface area (Å²) in [5.41, 5.74) is 10.5. The summed E-state index contributed by atoms with van der Waals surface area (Å²) in [5, 5.41) is 6.74. The highest BCUT2D eigenvalue weighted by molar-refractivity contribution is 7.99. The number of thioether (sulfide) groups is 1. The zero-order chi connectivity index (χ0) is 32.2. The maximum absolute atomic E-state index is 12.3. The molecule has 2 aliphatic rings. The molecule has 234 valence electrons. The van der Waals surface area contributed by atoms with E-state index in [2.05, 4.69) is 59.9 Å². The van der Waals surface area contributed by atoms with E-state index in [0.29, 0.717) is 31.4 Å². The molecule has 43 heavy (non-hydrogen) atoms. The highest BCUT2D eigenvalue weighted by atomic mass is 32.2. The number of nitrogens with zero attached hydrogens (tertiary/aromatic N) is 4. The van der Waals surface area contributed by atoms with Crippen LogP contribution in [0.25, 0.3) is 17.5 Å². The van der Waals surface area contributed by atoms with Crippen LogP contribution in [0.5, 0.6) is 0 Å². The number of likely N-dealkylation sites (N-methyl/N-ethyl adjacent to an activating group) is 1. The summed E-state index contributed by atoms with van der Waals surface area (Å²) in [5.74, 6) is 2.69. The van der Waals surface area contributed by atoms with E-state index in [0.717, 1.165) is 76.9 Å². The number of nitrogens with two attached hydrogens (primary N) is 1. The topological polar surface area (TPSA) is 118 Å². The fourth-order valence-electron chi connectivity index (χ4n) is 4.09. The Labute approximate surface area is 262 Å². The van der Waals surface area contributed by atoms with Crippen LogP contribution in [0.2, 0.25) is 0 Å². The molecule has 3 heterocycles. The van der Waals surface area contributed by atoms with E-state index in [1.54, 1.807) is 24.0 Å². The summed E-state index contributed by atoms with van der Waals surface area (Å²) in [7, 11) is 1.93. The number of terminal acetylenes is 1. The van der Waals surface area contributed by atoms with Crippen molar-refractivity contribution >= 4 is 35.4 Å². The van der Waals surface area contributed by atoms with Crippen molar-refractivity contribution in [2.45, 2.75) is 52.5 Å². The molecule has 2 aromatic rings. The van der Waals surface area contributed by atoms with Crippen LogP contribution in [-0.2, 0) is 9.53 Å². The van der Waals surface area contributed by atoms with Gasteiger partial charge in [0.2, 0.25) is 5.91 Å². The second-order valence-corrected chi connectivity index (χ2v) is 10.1. The van der Waals surface area contributed by atoms with Gasteiger partial charge in [0.15, 0.2) is 5.82 Å². The molecule has 0 unspecified atom stereocenters. The number of nitrogens with one attached hydrogen (secondary N) is 2. The Morgan fingerprint density at radius 3 is 2.49 bits per heavy atom. The fourth-order valence-corrected chi connectivity index (χ4v) is 5.05. The molecule has 1 fully saturated rings. The van der Waals surface area contributed by atoms with Crippen molar-refractivity contribution in [3.8, 4) is 24.2 Å². The van der Waals surface area contributed by atoms with Crippen molar-refractivity contribution in [1.29, 1.82) is 0 Å². The monoisotopic (exact) mass is 607 g/mol. The van der Waals surface area contributed by atoms with Gasteiger partial charge in [0, 0.05) is 53.8 Å². The van der Waals surface area contributed by atoms with Crippen LogP contribution in [-0.4, -0.2) is 73.1 Å². The van der Waals surface area contributed by atoms with Gasteiger partial charge in [-0.05, 0) is 58.0 Å². The third-order valence-electron chi connectivity index (χ3n) is 6.35. The SMILES string of the molecule is C#C.C=Cc1cc(-c2nc(SCC3=CCCC(C(=O)NCC)=C3)c(C)c(N3CCOCC3)n2)cnc1N.CC.CCNC. The van der Waals surface area contributed by atoms with Gasteiger partial charge in [0.25, 0.3) is 0 Å². The summed E-state index contributed by atoms with van der Waals surface area (Å²) in [4.78, 5) is 28.7. The molecule has 0 saturated carbocycles. The number of anilines is 2. The molecular weight excluding hydrogens is 558 g/mol. The quantitative estimate of drug-likeness (QED) is 0.199. The molecule has 0 radical (unpaired) electrons. The third-order valence-corrected chi connectivity index (χ3v) is 7.50. The van der Waals surface area contributed by atoms with Gasteiger partial charge < -0.3 is 26.0 Å². The number of ether oxygens (including phenoxy) is 1. The first kappa shape index (κ1) is 37.4. The van der Waals surface area contributed by atoms with Crippen LogP contribution in [0.3, 0.4) is 0 Å². The number of carbonyl (C=O) groups is 1. The zero-order valence-corrected chi connectivity index (χ0v) is 27.5. The van der Waals surface area contributed by atoms with Crippen LogP contribution < -0.4 is 21.3 Å². The largest absolute Gasteiger partial charge is 0.383 e. The molecule has 10 heteroatoms. The molecule has 0 spiro atoms. The van der Waals surface area contributed by atoms with E-state index in [4.69, 9.17) is 20.4 Å². The van der Waals surface area contributed by atoms with Crippen LogP contribution in [0.1, 0.15) is 51.7 Å². The molecule has 1 aliphatic carbocycles. The number of allylic oxidation sites excluding steroid dienone is 2. The van der Waals surface area contributed by atoms with E-state index >= 15 is 0 Å². The zero-order valence-electron chi connectivity index (χ0n) is 26.7. The molecule has 1 amide bonds. The predicted octanol–water partition coefficient (Wildman–Crippen LogP) is 5.28. The maximum atomic E-state index is 12.3. The average molecular weight is 608 g/mol. The molecule has 9 nitrogen and oxygen atoms in total. The van der Waals surface area contributed by atoms with Gasteiger partial charge in [-0.2, -0.15) is 0 Å². The van der Waals surface area contributed by atoms with Crippen molar-refractivity contribution < 1.29 is 9.53 Å². The number of hydrogen-bond donors (Lipinski definition) is 3.